The second-order valence-electron chi connectivity index (χ2n) is 9.76. The summed E-state index contributed by atoms with van der Waals surface area (Å²) in [5, 5.41) is 4.80. The third-order valence-corrected chi connectivity index (χ3v) is 8.41. The number of carbonyl (C=O) groups is 1. The molecule has 1 N–H and O–H groups in total. The van der Waals surface area contributed by atoms with Crippen LogP contribution in [0.2, 0.25) is 0 Å². The smallest absolute Gasteiger partial charge is 0.259 e. The highest BCUT2D eigenvalue weighted by Gasteiger charge is 2.32. The lowest BCUT2D eigenvalue weighted by molar-refractivity contribution is 0.0699. The molecule has 3 heterocycles. The lowest BCUT2D eigenvalue weighted by atomic mass is 9.87. The molecular formula is C25H27N5O4S. The molecule has 0 atom stereocenters. The van der Waals surface area contributed by atoms with Crippen LogP contribution in [0.1, 0.15) is 36.7 Å². The molecule has 4 aromatic rings. The maximum Gasteiger partial charge on any atom is 0.259 e. The number of rotatable bonds is 3. The normalized spacial score (nSPS) is 15.7. The zero-order valence-corrected chi connectivity index (χ0v) is 20.7. The Morgan fingerprint density at radius 2 is 1.63 bits per heavy atom. The lowest BCUT2D eigenvalue weighted by Crippen LogP contribution is -2.50. The number of nitrogens with zero attached hydrogens (tertiary/aromatic N) is 4. The van der Waals surface area contributed by atoms with E-state index in [1.54, 1.807) is 45.8 Å². The molecule has 1 aliphatic heterocycles. The zero-order chi connectivity index (χ0) is 25.0. The number of hydrogen-bond acceptors (Lipinski definition) is 5. The summed E-state index contributed by atoms with van der Waals surface area (Å²) in [4.78, 5) is 30.4. The van der Waals surface area contributed by atoms with Crippen molar-refractivity contribution in [2.45, 2.75) is 31.1 Å². The number of H-pyrrole nitrogens is 1. The van der Waals surface area contributed by atoms with Gasteiger partial charge in [0, 0.05) is 26.2 Å². The molecule has 1 aliphatic rings. The van der Waals surface area contributed by atoms with Crippen LogP contribution in [0.4, 0.5) is 0 Å². The maximum atomic E-state index is 13.3. The van der Waals surface area contributed by atoms with Crippen LogP contribution < -0.4 is 5.56 Å². The number of amides is 1. The Morgan fingerprint density at radius 3 is 2.29 bits per heavy atom. The summed E-state index contributed by atoms with van der Waals surface area (Å²) in [6.07, 6.45) is 1.44. The fourth-order valence-corrected chi connectivity index (χ4v) is 5.83. The van der Waals surface area contributed by atoms with E-state index in [2.05, 4.69) is 30.9 Å². The first-order valence-corrected chi connectivity index (χ1v) is 12.9. The minimum Gasteiger partial charge on any atom is -0.336 e. The van der Waals surface area contributed by atoms with Crippen molar-refractivity contribution in [3.05, 3.63) is 76.2 Å². The highest BCUT2D eigenvalue weighted by atomic mass is 32.2. The van der Waals surface area contributed by atoms with Gasteiger partial charge in [-0.05, 0) is 35.2 Å². The Kier molecular flexibility index (Phi) is 5.52. The van der Waals surface area contributed by atoms with Crippen molar-refractivity contribution >= 4 is 32.5 Å². The third-order valence-electron chi connectivity index (χ3n) is 6.49. The minimum atomic E-state index is -3.66. The molecule has 0 bridgehead atoms. The van der Waals surface area contributed by atoms with E-state index in [0.29, 0.717) is 16.6 Å². The minimum absolute atomic E-state index is 0.0665. The number of piperazine rings is 1. The number of nitrogens with one attached hydrogen (secondary N) is 1. The fourth-order valence-electron chi connectivity index (χ4n) is 4.41. The third kappa shape index (κ3) is 4.02. The Bertz CT molecular complexity index is 1590. The largest absolute Gasteiger partial charge is 0.336 e. The van der Waals surface area contributed by atoms with E-state index in [9.17, 15) is 18.0 Å². The molecule has 0 spiro atoms. The number of carbonyl (C=O) groups excluding carboxylic acids is 1. The van der Waals surface area contributed by atoms with Crippen LogP contribution in [0.15, 0.2) is 64.4 Å². The van der Waals surface area contributed by atoms with Gasteiger partial charge in [-0.25, -0.2) is 12.9 Å². The van der Waals surface area contributed by atoms with Crippen molar-refractivity contribution in [2.24, 2.45) is 0 Å². The molecule has 0 unspecified atom stereocenters. The van der Waals surface area contributed by atoms with Crippen molar-refractivity contribution in [3.8, 4) is 0 Å². The van der Waals surface area contributed by atoms with Crippen LogP contribution >= 0.6 is 0 Å². The first kappa shape index (κ1) is 23.3. The van der Waals surface area contributed by atoms with Crippen LogP contribution in [0.3, 0.4) is 0 Å². The average molecular weight is 494 g/mol. The average Bonchev–Trinajstić information content (AvgIpc) is 3.27. The number of aromatic amines is 1. The number of para-hydroxylation sites is 1. The van der Waals surface area contributed by atoms with Crippen LogP contribution in [0, 0.1) is 0 Å². The van der Waals surface area contributed by atoms with Gasteiger partial charge in [0.1, 0.15) is 11.2 Å². The predicted molar refractivity (Wildman–Crippen MR) is 133 cm³/mol. The molecule has 1 fully saturated rings. The number of sulfonamides is 1. The fraction of sp³-hybridized carbons (Fsp3) is 0.320. The quantitative estimate of drug-likeness (QED) is 0.472. The maximum absolute atomic E-state index is 13.3. The summed E-state index contributed by atoms with van der Waals surface area (Å²) in [6.45, 7) is 7.10. The molecule has 0 saturated carbocycles. The SMILES string of the molecule is CC(C)(C)c1ccc(S(=O)(=O)N2CCN(C(=O)c3cnn4c3[nH]c(=O)c3ccccc34)CC2)cc1. The monoisotopic (exact) mass is 493 g/mol. The van der Waals surface area contributed by atoms with Crippen LogP contribution in [0.25, 0.3) is 16.6 Å². The number of benzene rings is 2. The molecule has 5 rings (SSSR count). The van der Waals surface area contributed by atoms with Gasteiger partial charge in [0.2, 0.25) is 10.0 Å². The molecule has 1 saturated heterocycles. The first-order valence-electron chi connectivity index (χ1n) is 11.5. The molecular weight excluding hydrogens is 466 g/mol. The molecule has 35 heavy (non-hydrogen) atoms. The second-order valence-corrected chi connectivity index (χ2v) is 11.7. The van der Waals surface area contributed by atoms with Crippen molar-refractivity contribution in [2.75, 3.05) is 26.2 Å². The Balaban J connectivity index is 1.35. The summed E-state index contributed by atoms with van der Waals surface area (Å²) in [5.41, 5.74) is 1.92. The highest BCUT2D eigenvalue weighted by Crippen LogP contribution is 2.25. The van der Waals surface area contributed by atoms with Gasteiger partial charge >= 0.3 is 0 Å². The van der Waals surface area contributed by atoms with Crippen molar-refractivity contribution in [1.82, 2.24) is 23.8 Å². The van der Waals surface area contributed by atoms with E-state index in [1.165, 1.54) is 10.5 Å². The molecule has 1 amide bonds. The van der Waals surface area contributed by atoms with Crippen molar-refractivity contribution in [3.63, 3.8) is 0 Å². The van der Waals surface area contributed by atoms with E-state index in [4.69, 9.17) is 0 Å². The van der Waals surface area contributed by atoms with E-state index in [-0.39, 0.29) is 53.5 Å². The van der Waals surface area contributed by atoms with Gasteiger partial charge in [-0.15, -0.1) is 0 Å². The van der Waals surface area contributed by atoms with Gasteiger partial charge < -0.3 is 9.88 Å². The van der Waals surface area contributed by atoms with Crippen molar-refractivity contribution in [1.29, 1.82) is 0 Å². The lowest BCUT2D eigenvalue weighted by Gasteiger charge is -2.34. The van der Waals surface area contributed by atoms with Crippen LogP contribution in [0.5, 0.6) is 0 Å². The van der Waals surface area contributed by atoms with E-state index < -0.39 is 10.0 Å². The standard InChI is InChI=1S/C25H27N5O4S/c1-25(2,3)17-8-10-18(11-9-17)35(33,34)29-14-12-28(13-15-29)24(32)20-16-26-30-21-7-5-4-6-19(21)23(31)27-22(20)30/h4-11,16H,12-15H2,1-3H3,(H,27,31). The van der Waals surface area contributed by atoms with Crippen LogP contribution in [-0.2, 0) is 15.4 Å². The predicted octanol–water partition coefficient (Wildman–Crippen LogP) is 2.62. The number of fused-ring (bicyclic) bond motifs is 3. The number of aromatic nitrogens is 3. The van der Waals surface area contributed by atoms with Gasteiger partial charge in [0.15, 0.2) is 0 Å². The molecule has 2 aromatic carbocycles. The first-order chi connectivity index (χ1) is 16.6. The summed E-state index contributed by atoms with van der Waals surface area (Å²) in [7, 11) is -3.66. The molecule has 10 heteroatoms. The molecule has 2 aromatic heterocycles. The molecule has 182 valence electrons. The van der Waals surface area contributed by atoms with Gasteiger partial charge in [0.25, 0.3) is 11.5 Å². The summed E-state index contributed by atoms with van der Waals surface area (Å²) < 4.78 is 29.3. The van der Waals surface area contributed by atoms with Crippen molar-refractivity contribution < 1.29 is 13.2 Å². The van der Waals surface area contributed by atoms with Gasteiger partial charge in [-0.2, -0.15) is 9.40 Å². The Hall–Kier alpha value is -3.50. The second kappa shape index (κ2) is 8.31. The summed E-state index contributed by atoms with van der Waals surface area (Å²) in [6, 6.07) is 14.0. The Morgan fingerprint density at radius 1 is 0.971 bits per heavy atom. The highest BCUT2D eigenvalue weighted by molar-refractivity contribution is 7.89. The van der Waals surface area contributed by atoms with E-state index in [1.807, 2.05) is 12.1 Å². The van der Waals surface area contributed by atoms with E-state index >= 15 is 0 Å². The Labute approximate surface area is 203 Å². The zero-order valence-electron chi connectivity index (χ0n) is 19.9. The van der Waals surface area contributed by atoms with Gasteiger partial charge in [-0.3, -0.25) is 9.59 Å². The summed E-state index contributed by atoms with van der Waals surface area (Å²) >= 11 is 0. The van der Waals surface area contributed by atoms with E-state index in [0.717, 1.165) is 5.56 Å². The molecule has 9 nitrogen and oxygen atoms in total. The summed E-state index contributed by atoms with van der Waals surface area (Å²) in [5.74, 6) is -0.294. The molecule has 0 aliphatic carbocycles. The molecule has 0 radical (unpaired) electrons. The topological polar surface area (TPSA) is 108 Å². The number of hydrogen-bond donors (Lipinski definition) is 1. The van der Waals surface area contributed by atoms with Gasteiger partial charge in [-0.1, -0.05) is 45.0 Å². The van der Waals surface area contributed by atoms with Crippen LogP contribution in [-0.4, -0.2) is 64.3 Å². The van der Waals surface area contributed by atoms with Gasteiger partial charge in [0.05, 0.1) is 22.0 Å².